The Morgan fingerprint density at radius 2 is 1.84 bits per heavy atom. The van der Waals surface area contributed by atoms with Crippen LogP contribution in [0.25, 0.3) is 21.7 Å². The van der Waals surface area contributed by atoms with E-state index in [1.165, 1.54) is 21.7 Å². The summed E-state index contributed by atoms with van der Waals surface area (Å²) >= 11 is 0. The molecule has 3 rings (SSSR count). The van der Waals surface area contributed by atoms with Crippen LogP contribution >= 0.6 is 0 Å². The van der Waals surface area contributed by atoms with E-state index in [2.05, 4.69) is 61.6 Å². The second kappa shape index (κ2) is 4.88. The second-order valence-corrected chi connectivity index (χ2v) is 4.94. The molecule has 0 aliphatic heterocycles. The van der Waals surface area contributed by atoms with Crippen LogP contribution in [0.5, 0.6) is 0 Å². The van der Waals surface area contributed by atoms with E-state index in [1.807, 2.05) is 0 Å². The van der Waals surface area contributed by atoms with E-state index >= 15 is 0 Å². The van der Waals surface area contributed by atoms with Gasteiger partial charge in [-0.3, -0.25) is 0 Å². The molecule has 0 saturated heterocycles. The topological polar surface area (TPSA) is 24.9 Å². The summed E-state index contributed by atoms with van der Waals surface area (Å²) in [4.78, 5) is 4.83. The first-order valence-corrected chi connectivity index (χ1v) is 6.82. The fourth-order valence-electron chi connectivity index (χ4n) is 2.44. The highest BCUT2D eigenvalue weighted by Crippen LogP contribution is 2.27. The Hall–Kier alpha value is -2.09. The molecule has 0 radical (unpaired) electrons. The number of fused-ring (bicyclic) bond motifs is 3. The lowest BCUT2D eigenvalue weighted by Gasteiger charge is -2.10. The zero-order valence-electron chi connectivity index (χ0n) is 11.4. The number of rotatable bonds is 3. The third-order valence-corrected chi connectivity index (χ3v) is 3.44. The van der Waals surface area contributed by atoms with Crippen molar-refractivity contribution in [3.63, 3.8) is 0 Å². The molecule has 19 heavy (non-hydrogen) atoms. The van der Waals surface area contributed by atoms with Gasteiger partial charge in [0.15, 0.2) is 0 Å². The quantitative estimate of drug-likeness (QED) is 0.691. The largest absolute Gasteiger partial charge is 0.370 e. The van der Waals surface area contributed by atoms with Crippen molar-refractivity contribution in [2.75, 3.05) is 11.9 Å². The van der Waals surface area contributed by atoms with Crippen LogP contribution in [0.1, 0.15) is 18.9 Å². The SMILES string of the molecule is CCCNc1nc2c(ccc3ccccc32)cc1C. The van der Waals surface area contributed by atoms with Crippen LogP contribution in [-0.4, -0.2) is 11.5 Å². The van der Waals surface area contributed by atoms with E-state index < -0.39 is 0 Å². The summed E-state index contributed by atoms with van der Waals surface area (Å²) in [5, 5.41) is 7.08. The van der Waals surface area contributed by atoms with Crippen molar-refractivity contribution in [3.8, 4) is 0 Å². The Morgan fingerprint density at radius 3 is 2.68 bits per heavy atom. The van der Waals surface area contributed by atoms with Gasteiger partial charge < -0.3 is 5.32 Å². The highest BCUT2D eigenvalue weighted by Gasteiger charge is 2.06. The standard InChI is InChI=1S/C17H18N2/c1-3-10-18-17-12(2)11-14-9-8-13-6-4-5-7-15(13)16(14)19-17/h4-9,11H,3,10H2,1-2H3,(H,18,19). The maximum atomic E-state index is 4.83. The van der Waals surface area contributed by atoms with Gasteiger partial charge in [-0.2, -0.15) is 0 Å². The molecule has 0 unspecified atom stereocenters. The second-order valence-electron chi connectivity index (χ2n) is 4.94. The van der Waals surface area contributed by atoms with Gasteiger partial charge in [0.05, 0.1) is 5.52 Å². The molecule has 2 aromatic carbocycles. The summed E-state index contributed by atoms with van der Waals surface area (Å²) in [5.41, 5.74) is 2.29. The minimum Gasteiger partial charge on any atom is -0.370 e. The van der Waals surface area contributed by atoms with E-state index in [4.69, 9.17) is 4.98 Å². The number of hydrogen-bond acceptors (Lipinski definition) is 2. The third-order valence-electron chi connectivity index (χ3n) is 3.44. The Kier molecular flexibility index (Phi) is 3.08. The van der Waals surface area contributed by atoms with Gasteiger partial charge in [-0.05, 0) is 30.4 Å². The Bertz CT molecular complexity index is 732. The van der Waals surface area contributed by atoms with Crippen molar-refractivity contribution >= 4 is 27.5 Å². The van der Waals surface area contributed by atoms with Crippen molar-refractivity contribution < 1.29 is 0 Å². The number of aromatic nitrogens is 1. The zero-order chi connectivity index (χ0) is 13.2. The van der Waals surface area contributed by atoms with Gasteiger partial charge in [0.1, 0.15) is 5.82 Å². The molecule has 0 aliphatic rings. The molecule has 1 aromatic heterocycles. The first-order chi connectivity index (χ1) is 9.29. The molecular weight excluding hydrogens is 232 g/mol. The van der Waals surface area contributed by atoms with E-state index in [-0.39, 0.29) is 0 Å². The molecular formula is C17H18N2. The lowest BCUT2D eigenvalue weighted by Crippen LogP contribution is -2.04. The number of hydrogen-bond donors (Lipinski definition) is 1. The molecule has 0 amide bonds. The Labute approximate surface area is 113 Å². The van der Waals surface area contributed by atoms with Crippen LogP contribution in [0.3, 0.4) is 0 Å². The van der Waals surface area contributed by atoms with Crippen LogP contribution in [0.2, 0.25) is 0 Å². The molecule has 0 fully saturated rings. The molecule has 1 heterocycles. The summed E-state index contributed by atoms with van der Waals surface area (Å²) in [7, 11) is 0. The van der Waals surface area contributed by atoms with E-state index in [1.54, 1.807) is 0 Å². The van der Waals surface area contributed by atoms with Crippen LogP contribution < -0.4 is 5.32 Å². The molecule has 96 valence electrons. The number of anilines is 1. The minimum absolute atomic E-state index is 0.962. The maximum Gasteiger partial charge on any atom is 0.129 e. The predicted molar refractivity (Wildman–Crippen MR) is 82.8 cm³/mol. The van der Waals surface area contributed by atoms with Crippen LogP contribution in [-0.2, 0) is 0 Å². The molecule has 2 nitrogen and oxygen atoms in total. The lowest BCUT2D eigenvalue weighted by atomic mass is 10.0. The third kappa shape index (κ3) is 2.14. The van der Waals surface area contributed by atoms with Crippen molar-refractivity contribution in [2.45, 2.75) is 20.3 Å². The average molecular weight is 250 g/mol. The molecule has 0 spiro atoms. The molecule has 1 N–H and O–H groups in total. The highest BCUT2D eigenvalue weighted by molar-refractivity contribution is 6.05. The molecule has 2 heteroatoms. The maximum absolute atomic E-state index is 4.83. The van der Waals surface area contributed by atoms with E-state index in [0.29, 0.717) is 0 Å². The molecule has 0 atom stereocenters. The first-order valence-electron chi connectivity index (χ1n) is 6.82. The van der Waals surface area contributed by atoms with E-state index in [9.17, 15) is 0 Å². The lowest BCUT2D eigenvalue weighted by molar-refractivity contribution is 0.968. The van der Waals surface area contributed by atoms with Crippen molar-refractivity contribution in [1.82, 2.24) is 4.98 Å². The predicted octanol–water partition coefficient (Wildman–Crippen LogP) is 4.52. The summed E-state index contributed by atoms with van der Waals surface area (Å²) < 4.78 is 0. The van der Waals surface area contributed by atoms with Gasteiger partial charge in [0.2, 0.25) is 0 Å². The Morgan fingerprint density at radius 1 is 1.05 bits per heavy atom. The highest BCUT2D eigenvalue weighted by atomic mass is 15.0. The Balaban J connectivity index is 2.25. The van der Waals surface area contributed by atoms with Gasteiger partial charge >= 0.3 is 0 Å². The number of aryl methyl sites for hydroxylation is 1. The summed E-state index contributed by atoms with van der Waals surface area (Å²) in [6, 6.07) is 15.0. The van der Waals surface area contributed by atoms with Gasteiger partial charge in [0.25, 0.3) is 0 Å². The summed E-state index contributed by atoms with van der Waals surface area (Å²) in [6.45, 7) is 5.24. The van der Waals surface area contributed by atoms with Crippen molar-refractivity contribution in [1.29, 1.82) is 0 Å². The van der Waals surface area contributed by atoms with Gasteiger partial charge in [0, 0.05) is 17.3 Å². The molecule has 3 aromatic rings. The van der Waals surface area contributed by atoms with Crippen LogP contribution in [0.15, 0.2) is 42.5 Å². The average Bonchev–Trinajstić information content (AvgIpc) is 2.45. The monoisotopic (exact) mass is 250 g/mol. The molecule has 0 saturated carbocycles. The van der Waals surface area contributed by atoms with Gasteiger partial charge in [-0.15, -0.1) is 0 Å². The summed E-state index contributed by atoms with van der Waals surface area (Å²) in [5.74, 6) is 1.01. The number of pyridine rings is 1. The van der Waals surface area contributed by atoms with Gasteiger partial charge in [-0.25, -0.2) is 4.98 Å². The number of nitrogens with zero attached hydrogens (tertiary/aromatic N) is 1. The molecule has 0 bridgehead atoms. The zero-order valence-corrected chi connectivity index (χ0v) is 11.4. The normalized spacial score (nSPS) is 11.1. The van der Waals surface area contributed by atoms with Crippen molar-refractivity contribution in [3.05, 3.63) is 48.0 Å². The van der Waals surface area contributed by atoms with Crippen molar-refractivity contribution in [2.24, 2.45) is 0 Å². The van der Waals surface area contributed by atoms with Crippen LogP contribution in [0.4, 0.5) is 5.82 Å². The minimum atomic E-state index is 0.962. The fraction of sp³-hybridized carbons (Fsp3) is 0.235. The number of nitrogens with one attached hydrogen (secondary N) is 1. The van der Waals surface area contributed by atoms with Crippen LogP contribution in [0, 0.1) is 6.92 Å². The number of benzene rings is 2. The van der Waals surface area contributed by atoms with Gasteiger partial charge in [-0.1, -0.05) is 43.3 Å². The smallest absolute Gasteiger partial charge is 0.129 e. The first kappa shape index (κ1) is 12.0. The molecule has 0 aliphatic carbocycles. The van der Waals surface area contributed by atoms with E-state index in [0.717, 1.165) is 24.3 Å². The summed E-state index contributed by atoms with van der Waals surface area (Å²) in [6.07, 6.45) is 1.11. The fourth-order valence-corrected chi connectivity index (χ4v) is 2.44.